The number of rotatable bonds is 2. The molecule has 0 amide bonds. The fraction of sp³-hybridized carbons (Fsp3) is 0.786. The summed E-state index contributed by atoms with van der Waals surface area (Å²) in [6, 6.07) is 0. The van der Waals surface area contributed by atoms with Crippen molar-refractivity contribution in [1.29, 1.82) is 0 Å². The molecule has 1 N–H and O–H groups in total. The van der Waals surface area contributed by atoms with Crippen molar-refractivity contribution in [1.82, 2.24) is 15.1 Å². The molecule has 3 nitrogen and oxygen atoms in total. The maximum Gasteiger partial charge on any atom is 0.0524 e. The van der Waals surface area contributed by atoms with E-state index in [1.54, 1.807) is 0 Å². The lowest BCUT2D eigenvalue weighted by Gasteiger charge is -2.35. The minimum absolute atomic E-state index is 0.744. The van der Waals surface area contributed by atoms with Gasteiger partial charge in [-0.3, -0.25) is 4.68 Å². The summed E-state index contributed by atoms with van der Waals surface area (Å²) in [5, 5.41) is 7.94. The number of aromatic nitrogens is 2. The van der Waals surface area contributed by atoms with Crippen LogP contribution in [0.1, 0.15) is 43.6 Å². The van der Waals surface area contributed by atoms with Crippen LogP contribution >= 0.6 is 0 Å². The van der Waals surface area contributed by atoms with Crippen LogP contribution in [0.2, 0.25) is 0 Å². The first kappa shape index (κ1) is 11.3. The highest BCUT2D eigenvalue weighted by molar-refractivity contribution is 5.15. The Morgan fingerprint density at radius 2 is 2.12 bits per heavy atom. The lowest BCUT2D eigenvalue weighted by Crippen LogP contribution is -2.38. The molecule has 2 atom stereocenters. The molecule has 2 unspecified atom stereocenters. The summed E-state index contributed by atoms with van der Waals surface area (Å²) < 4.78 is 1.95. The molecule has 0 aromatic carbocycles. The lowest BCUT2D eigenvalue weighted by molar-refractivity contribution is 0.231. The minimum atomic E-state index is 0.744. The van der Waals surface area contributed by atoms with Crippen LogP contribution in [0.5, 0.6) is 0 Å². The van der Waals surface area contributed by atoms with E-state index >= 15 is 0 Å². The smallest absolute Gasteiger partial charge is 0.0524 e. The first-order valence-corrected chi connectivity index (χ1v) is 7.04. The molecule has 2 aliphatic rings. The van der Waals surface area contributed by atoms with Crippen LogP contribution < -0.4 is 5.32 Å². The zero-order valence-corrected chi connectivity index (χ0v) is 10.7. The molecule has 2 fully saturated rings. The first-order valence-electron chi connectivity index (χ1n) is 7.04. The van der Waals surface area contributed by atoms with Gasteiger partial charge in [-0.15, -0.1) is 0 Å². The van der Waals surface area contributed by atoms with Gasteiger partial charge in [-0.2, -0.15) is 5.10 Å². The number of piperidine rings is 1. The predicted octanol–water partition coefficient (Wildman–Crippen LogP) is 2.30. The maximum atomic E-state index is 4.35. The molecular formula is C14H23N3. The third-order valence-electron chi connectivity index (χ3n) is 4.69. The molecule has 1 saturated heterocycles. The number of hydrogen-bond acceptors (Lipinski definition) is 2. The standard InChI is InChI=1S/C14H23N3/c1-17-10-12(8-16-17)13-6-7-15-9-14(13)11-4-2-3-5-11/h8,10-11,13-15H,2-7,9H2,1H3. The molecule has 94 valence electrons. The van der Waals surface area contributed by atoms with Gasteiger partial charge in [0.2, 0.25) is 0 Å². The van der Waals surface area contributed by atoms with Crippen molar-refractivity contribution in [3.05, 3.63) is 18.0 Å². The topological polar surface area (TPSA) is 29.9 Å². The maximum absolute atomic E-state index is 4.35. The average Bonchev–Trinajstić information content (AvgIpc) is 3.00. The summed E-state index contributed by atoms with van der Waals surface area (Å²) in [6.45, 7) is 2.38. The SMILES string of the molecule is Cn1cc(C2CCNCC2C2CCCC2)cn1. The molecular weight excluding hydrogens is 210 g/mol. The summed E-state index contributed by atoms with van der Waals surface area (Å²) in [5.41, 5.74) is 1.46. The molecule has 1 saturated carbocycles. The second-order valence-corrected chi connectivity index (χ2v) is 5.76. The highest BCUT2D eigenvalue weighted by Gasteiger charge is 2.34. The summed E-state index contributed by atoms with van der Waals surface area (Å²) >= 11 is 0. The molecule has 1 aromatic heterocycles. The molecule has 1 aromatic rings. The Bertz CT molecular complexity index is 365. The molecule has 3 heteroatoms. The van der Waals surface area contributed by atoms with E-state index in [2.05, 4.69) is 22.8 Å². The minimum Gasteiger partial charge on any atom is -0.316 e. The van der Waals surface area contributed by atoms with Gasteiger partial charge in [0.15, 0.2) is 0 Å². The van der Waals surface area contributed by atoms with E-state index in [0.29, 0.717) is 0 Å². The van der Waals surface area contributed by atoms with Gasteiger partial charge in [0, 0.05) is 13.2 Å². The van der Waals surface area contributed by atoms with Crippen LogP contribution in [0, 0.1) is 11.8 Å². The molecule has 0 radical (unpaired) electrons. The Morgan fingerprint density at radius 3 is 2.82 bits per heavy atom. The van der Waals surface area contributed by atoms with Crippen molar-refractivity contribution in [3.63, 3.8) is 0 Å². The normalized spacial score (nSPS) is 30.9. The fourth-order valence-electron chi connectivity index (χ4n) is 3.81. The quantitative estimate of drug-likeness (QED) is 0.849. The second-order valence-electron chi connectivity index (χ2n) is 5.76. The first-order chi connectivity index (χ1) is 8.34. The zero-order chi connectivity index (χ0) is 11.7. The Kier molecular flexibility index (Phi) is 3.19. The van der Waals surface area contributed by atoms with Crippen LogP contribution in [-0.4, -0.2) is 22.9 Å². The van der Waals surface area contributed by atoms with Crippen molar-refractivity contribution in [2.24, 2.45) is 18.9 Å². The van der Waals surface area contributed by atoms with E-state index in [4.69, 9.17) is 0 Å². The molecule has 17 heavy (non-hydrogen) atoms. The van der Waals surface area contributed by atoms with E-state index in [0.717, 1.165) is 17.8 Å². The van der Waals surface area contributed by atoms with E-state index in [1.807, 2.05) is 11.7 Å². The summed E-state index contributed by atoms with van der Waals surface area (Å²) in [4.78, 5) is 0. The average molecular weight is 233 g/mol. The van der Waals surface area contributed by atoms with Crippen LogP contribution in [0.15, 0.2) is 12.4 Å². The summed E-state index contributed by atoms with van der Waals surface area (Å²) in [5.74, 6) is 2.54. The van der Waals surface area contributed by atoms with Gasteiger partial charge in [-0.1, -0.05) is 25.7 Å². The van der Waals surface area contributed by atoms with Crippen LogP contribution in [0.3, 0.4) is 0 Å². The Labute approximate surface area is 104 Å². The molecule has 3 rings (SSSR count). The molecule has 0 bridgehead atoms. The summed E-state index contributed by atoms with van der Waals surface area (Å²) in [6.07, 6.45) is 11.4. The number of hydrogen-bond donors (Lipinski definition) is 1. The van der Waals surface area contributed by atoms with Gasteiger partial charge in [-0.25, -0.2) is 0 Å². The van der Waals surface area contributed by atoms with Gasteiger partial charge in [-0.05, 0) is 42.8 Å². The third kappa shape index (κ3) is 2.25. The summed E-state index contributed by atoms with van der Waals surface area (Å²) in [7, 11) is 2.02. The van der Waals surface area contributed by atoms with E-state index in [9.17, 15) is 0 Å². The highest BCUT2D eigenvalue weighted by atomic mass is 15.2. The fourth-order valence-corrected chi connectivity index (χ4v) is 3.81. The van der Waals surface area contributed by atoms with Crippen molar-refractivity contribution >= 4 is 0 Å². The van der Waals surface area contributed by atoms with E-state index in [1.165, 1.54) is 50.8 Å². The van der Waals surface area contributed by atoms with Crippen molar-refractivity contribution in [3.8, 4) is 0 Å². The lowest BCUT2D eigenvalue weighted by atomic mass is 9.74. The largest absolute Gasteiger partial charge is 0.316 e. The Hall–Kier alpha value is -0.830. The Morgan fingerprint density at radius 1 is 1.29 bits per heavy atom. The van der Waals surface area contributed by atoms with Crippen LogP contribution in [0.25, 0.3) is 0 Å². The molecule has 2 heterocycles. The number of aryl methyl sites for hydroxylation is 1. The van der Waals surface area contributed by atoms with E-state index in [-0.39, 0.29) is 0 Å². The predicted molar refractivity (Wildman–Crippen MR) is 68.9 cm³/mol. The van der Waals surface area contributed by atoms with E-state index < -0.39 is 0 Å². The molecule has 1 aliphatic carbocycles. The van der Waals surface area contributed by atoms with Crippen LogP contribution in [-0.2, 0) is 7.05 Å². The second kappa shape index (κ2) is 4.81. The number of nitrogens with one attached hydrogen (secondary N) is 1. The van der Waals surface area contributed by atoms with Crippen molar-refractivity contribution < 1.29 is 0 Å². The van der Waals surface area contributed by atoms with Gasteiger partial charge in [0.25, 0.3) is 0 Å². The highest BCUT2D eigenvalue weighted by Crippen LogP contribution is 2.41. The van der Waals surface area contributed by atoms with Gasteiger partial charge in [0.05, 0.1) is 6.20 Å². The van der Waals surface area contributed by atoms with Gasteiger partial charge in [0.1, 0.15) is 0 Å². The monoisotopic (exact) mass is 233 g/mol. The molecule has 1 aliphatic heterocycles. The van der Waals surface area contributed by atoms with Gasteiger partial charge < -0.3 is 5.32 Å². The van der Waals surface area contributed by atoms with Crippen LogP contribution in [0.4, 0.5) is 0 Å². The van der Waals surface area contributed by atoms with Gasteiger partial charge >= 0.3 is 0 Å². The number of nitrogens with zero attached hydrogens (tertiary/aromatic N) is 2. The zero-order valence-electron chi connectivity index (χ0n) is 10.7. The Balaban J connectivity index is 1.79. The van der Waals surface area contributed by atoms with Crippen molar-refractivity contribution in [2.45, 2.75) is 38.0 Å². The third-order valence-corrected chi connectivity index (χ3v) is 4.69. The molecule has 0 spiro atoms. The van der Waals surface area contributed by atoms with Crippen molar-refractivity contribution in [2.75, 3.05) is 13.1 Å².